The number of anilines is 2. The van der Waals surface area contributed by atoms with Crippen molar-refractivity contribution >= 4 is 33.3 Å². The summed E-state index contributed by atoms with van der Waals surface area (Å²) >= 11 is 3.15. The van der Waals surface area contributed by atoms with Gasteiger partial charge in [0.15, 0.2) is 0 Å². The Kier molecular flexibility index (Phi) is 4.22. The summed E-state index contributed by atoms with van der Waals surface area (Å²) in [6.07, 6.45) is -4.45. The summed E-state index contributed by atoms with van der Waals surface area (Å²) in [6, 6.07) is 9.01. The van der Waals surface area contributed by atoms with Gasteiger partial charge in [0, 0.05) is 10.2 Å². The van der Waals surface area contributed by atoms with Gasteiger partial charge in [-0.1, -0.05) is 22.0 Å². The van der Waals surface area contributed by atoms with Crippen LogP contribution in [0, 0.1) is 0 Å². The minimum Gasteiger partial charge on any atom is -0.478 e. The predicted molar refractivity (Wildman–Crippen MR) is 75.8 cm³/mol. The van der Waals surface area contributed by atoms with Crippen molar-refractivity contribution < 1.29 is 23.1 Å². The highest BCUT2D eigenvalue weighted by atomic mass is 79.9. The molecule has 0 unspecified atom stereocenters. The lowest BCUT2D eigenvalue weighted by atomic mass is 10.1. The fourth-order valence-corrected chi connectivity index (χ4v) is 2.09. The van der Waals surface area contributed by atoms with Crippen LogP contribution in [0.4, 0.5) is 24.5 Å². The molecule has 0 amide bonds. The van der Waals surface area contributed by atoms with Gasteiger partial charge in [0.1, 0.15) is 0 Å². The molecule has 0 aliphatic heterocycles. The number of benzene rings is 2. The van der Waals surface area contributed by atoms with E-state index in [-0.39, 0.29) is 16.9 Å². The zero-order valence-corrected chi connectivity index (χ0v) is 12.0. The summed E-state index contributed by atoms with van der Waals surface area (Å²) in [5, 5.41) is 11.8. The van der Waals surface area contributed by atoms with Gasteiger partial charge in [-0.25, -0.2) is 4.79 Å². The standard InChI is InChI=1S/C14H9BrF3NO2/c15-9-4-5-12(11(7-9)13(20)21)19-10-3-1-2-8(6-10)14(16,17)18/h1-7,19H,(H,20,21). The number of aromatic carboxylic acids is 1. The van der Waals surface area contributed by atoms with Gasteiger partial charge in [0.2, 0.25) is 0 Å². The van der Waals surface area contributed by atoms with Gasteiger partial charge in [0.25, 0.3) is 0 Å². The maximum Gasteiger partial charge on any atom is 0.416 e. The largest absolute Gasteiger partial charge is 0.478 e. The van der Waals surface area contributed by atoms with Crippen molar-refractivity contribution in [1.82, 2.24) is 0 Å². The first-order chi connectivity index (χ1) is 9.77. The summed E-state index contributed by atoms with van der Waals surface area (Å²) in [5.41, 5.74) is -0.469. The van der Waals surface area contributed by atoms with Crippen LogP contribution < -0.4 is 5.32 Å². The van der Waals surface area contributed by atoms with Gasteiger partial charge >= 0.3 is 12.1 Å². The Hall–Kier alpha value is -2.02. The van der Waals surface area contributed by atoms with Crippen molar-refractivity contribution in [3.05, 3.63) is 58.1 Å². The molecule has 3 nitrogen and oxygen atoms in total. The zero-order chi connectivity index (χ0) is 15.6. The molecule has 0 heterocycles. The fraction of sp³-hybridized carbons (Fsp3) is 0.0714. The molecule has 2 N–H and O–H groups in total. The number of hydrogen-bond donors (Lipinski definition) is 2. The third kappa shape index (κ3) is 3.75. The Morgan fingerprint density at radius 3 is 2.48 bits per heavy atom. The van der Waals surface area contributed by atoms with Gasteiger partial charge in [-0.15, -0.1) is 0 Å². The number of carboxylic acid groups (broad SMARTS) is 1. The molecule has 0 saturated carbocycles. The van der Waals surface area contributed by atoms with Crippen molar-refractivity contribution in [2.75, 3.05) is 5.32 Å². The quantitative estimate of drug-likeness (QED) is 0.818. The monoisotopic (exact) mass is 359 g/mol. The number of carbonyl (C=O) groups is 1. The summed E-state index contributed by atoms with van der Waals surface area (Å²) in [7, 11) is 0. The van der Waals surface area contributed by atoms with Gasteiger partial charge in [-0.05, 0) is 36.4 Å². The number of alkyl halides is 3. The molecule has 0 fully saturated rings. The van der Waals surface area contributed by atoms with E-state index in [1.165, 1.54) is 24.3 Å². The van der Waals surface area contributed by atoms with E-state index in [2.05, 4.69) is 21.2 Å². The van der Waals surface area contributed by atoms with Crippen LogP contribution in [0.2, 0.25) is 0 Å². The van der Waals surface area contributed by atoms with E-state index in [1.54, 1.807) is 6.07 Å². The lowest BCUT2D eigenvalue weighted by Crippen LogP contribution is -2.06. The predicted octanol–water partition coefficient (Wildman–Crippen LogP) is 4.91. The minimum atomic E-state index is -4.45. The van der Waals surface area contributed by atoms with Crippen molar-refractivity contribution in [3.8, 4) is 0 Å². The second-order valence-electron chi connectivity index (χ2n) is 4.20. The Morgan fingerprint density at radius 1 is 1.14 bits per heavy atom. The van der Waals surface area contributed by atoms with E-state index < -0.39 is 17.7 Å². The molecular formula is C14H9BrF3NO2. The van der Waals surface area contributed by atoms with E-state index in [9.17, 15) is 18.0 Å². The Bertz CT molecular complexity index is 686. The van der Waals surface area contributed by atoms with Gasteiger partial charge < -0.3 is 10.4 Å². The smallest absolute Gasteiger partial charge is 0.416 e. The van der Waals surface area contributed by atoms with E-state index in [1.807, 2.05) is 0 Å². The molecule has 2 aromatic carbocycles. The third-order valence-electron chi connectivity index (χ3n) is 2.68. The van der Waals surface area contributed by atoms with Crippen LogP contribution in [0.25, 0.3) is 0 Å². The number of nitrogens with one attached hydrogen (secondary N) is 1. The molecule has 21 heavy (non-hydrogen) atoms. The normalized spacial score (nSPS) is 11.2. The van der Waals surface area contributed by atoms with Gasteiger partial charge in [-0.3, -0.25) is 0 Å². The number of halogens is 4. The molecule has 0 aliphatic carbocycles. The average Bonchev–Trinajstić information content (AvgIpc) is 2.40. The second kappa shape index (κ2) is 5.77. The van der Waals surface area contributed by atoms with Crippen LogP contribution in [-0.2, 0) is 6.18 Å². The molecule has 7 heteroatoms. The lowest BCUT2D eigenvalue weighted by molar-refractivity contribution is -0.137. The van der Waals surface area contributed by atoms with Crippen molar-refractivity contribution in [1.29, 1.82) is 0 Å². The van der Waals surface area contributed by atoms with Gasteiger partial charge in [0.05, 0.1) is 16.8 Å². The zero-order valence-electron chi connectivity index (χ0n) is 10.4. The Labute approximate surface area is 126 Å². The molecule has 0 bridgehead atoms. The first kappa shape index (κ1) is 15.4. The molecule has 0 saturated heterocycles. The second-order valence-corrected chi connectivity index (χ2v) is 5.11. The van der Waals surface area contributed by atoms with Crippen LogP contribution in [0.1, 0.15) is 15.9 Å². The third-order valence-corrected chi connectivity index (χ3v) is 3.17. The molecule has 2 rings (SSSR count). The SMILES string of the molecule is O=C(O)c1cc(Br)ccc1Nc1cccc(C(F)(F)F)c1. The first-order valence-corrected chi connectivity index (χ1v) is 6.54. The van der Waals surface area contributed by atoms with E-state index >= 15 is 0 Å². The molecular weight excluding hydrogens is 351 g/mol. The van der Waals surface area contributed by atoms with Crippen molar-refractivity contribution in [2.24, 2.45) is 0 Å². The lowest BCUT2D eigenvalue weighted by Gasteiger charge is -2.12. The topological polar surface area (TPSA) is 49.3 Å². The molecule has 0 aromatic heterocycles. The van der Waals surface area contributed by atoms with Crippen LogP contribution in [0.5, 0.6) is 0 Å². The minimum absolute atomic E-state index is 0.0400. The Morgan fingerprint density at radius 2 is 1.86 bits per heavy atom. The maximum absolute atomic E-state index is 12.6. The Balaban J connectivity index is 2.37. The summed E-state index contributed by atoms with van der Waals surface area (Å²) in [6.45, 7) is 0. The number of rotatable bonds is 3. The molecule has 0 aliphatic rings. The number of hydrogen-bond acceptors (Lipinski definition) is 2. The average molecular weight is 360 g/mol. The molecule has 110 valence electrons. The highest BCUT2D eigenvalue weighted by molar-refractivity contribution is 9.10. The van der Waals surface area contributed by atoms with E-state index in [4.69, 9.17) is 5.11 Å². The highest BCUT2D eigenvalue weighted by Crippen LogP contribution is 2.32. The molecule has 0 atom stereocenters. The van der Waals surface area contributed by atoms with Crippen LogP contribution >= 0.6 is 15.9 Å². The first-order valence-electron chi connectivity index (χ1n) is 5.74. The molecule has 0 radical (unpaired) electrons. The van der Waals surface area contributed by atoms with Crippen molar-refractivity contribution in [2.45, 2.75) is 6.18 Å². The molecule has 0 spiro atoms. The number of carboxylic acids is 1. The summed E-state index contributed by atoms with van der Waals surface area (Å²) < 4.78 is 38.5. The van der Waals surface area contributed by atoms with Crippen molar-refractivity contribution in [3.63, 3.8) is 0 Å². The summed E-state index contributed by atoms with van der Waals surface area (Å²) in [5.74, 6) is -1.18. The summed E-state index contributed by atoms with van der Waals surface area (Å²) in [4.78, 5) is 11.1. The maximum atomic E-state index is 12.6. The van der Waals surface area contributed by atoms with Crippen LogP contribution in [-0.4, -0.2) is 11.1 Å². The molecule has 2 aromatic rings. The van der Waals surface area contributed by atoms with Crippen LogP contribution in [0.15, 0.2) is 46.9 Å². The van der Waals surface area contributed by atoms with E-state index in [0.717, 1.165) is 12.1 Å². The van der Waals surface area contributed by atoms with Gasteiger partial charge in [-0.2, -0.15) is 13.2 Å². The van der Waals surface area contributed by atoms with E-state index in [0.29, 0.717) is 4.47 Å². The fourth-order valence-electron chi connectivity index (χ4n) is 1.73. The van der Waals surface area contributed by atoms with Crippen LogP contribution in [0.3, 0.4) is 0 Å². The highest BCUT2D eigenvalue weighted by Gasteiger charge is 2.30.